The van der Waals surface area contributed by atoms with Crippen LogP contribution in [-0.4, -0.2) is 37.2 Å². The van der Waals surface area contributed by atoms with Gasteiger partial charge in [0, 0.05) is 0 Å². The van der Waals surface area contributed by atoms with Crippen LogP contribution < -0.4 is 0 Å². The van der Waals surface area contributed by atoms with Crippen molar-refractivity contribution in [3.63, 3.8) is 0 Å². The predicted octanol–water partition coefficient (Wildman–Crippen LogP) is -0.578. The first-order chi connectivity index (χ1) is 6.06. The van der Waals surface area contributed by atoms with Crippen molar-refractivity contribution in [1.82, 2.24) is 15.2 Å². The van der Waals surface area contributed by atoms with Gasteiger partial charge in [-0.3, -0.25) is 9.66 Å². The zero-order valence-electron chi connectivity index (χ0n) is 6.49. The van der Waals surface area contributed by atoms with Crippen LogP contribution in [0.1, 0.15) is 11.9 Å². The molecule has 2 rings (SSSR count). The summed E-state index contributed by atoms with van der Waals surface area (Å²) in [6, 6.07) is 0. The summed E-state index contributed by atoms with van der Waals surface area (Å²) in [6.45, 7) is 0. The van der Waals surface area contributed by atoms with Gasteiger partial charge in [-0.2, -0.15) is 5.10 Å². The molecule has 2 atom stereocenters. The number of hydrogen-bond donors (Lipinski definition) is 3. The number of nitrogens with zero attached hydrogens (tertiary/aromatic N) is 2. The number of ether oxygens (including phenoxy) is 1. The Bertz CT molecular complexity index is 334. The fourth-order valence-electron chi connectivity index (χ4n) is 1.11. The summed E-state index contributed by atoms with van der Waals surface area (Å²) < 4.78 is 15.6. The molecular formula is C5H8N3O4P. The molecule has 1 aromatic heterocycles. The molecule has 0 radical (unpaired) electrons. The Hall–Kier alpha value is -0.750. The standard InChI is InChI=1S/C5H8N3O4P/c9-13(10,11)1-3-4(12-3)5-6-2-7-8-5/h2-4H,1H2,(H,6,7,8)(H2,9,10,11). The van der Waals surface area contributed by atoms with Gasteiger partial charge < -0.3 is 14.5 Å². The number of H-pyrrole nitrogens is 1. The molecule has 1 saturated heterocycles. The molecule has 1 aliphatic heterocycles. The maximum atomic E-state index is 10.6. The molecule has 3 N–H and O–H groups in total. The summed E-state index contributed by atoms with van der Waals surface area (Å²) >= 11 is 0. The monoisotopic (exact) mass is 205 g/mol. The summed E-state index contributed by atoms with van der Waals surface area (Å²) in [5.41, 5.74) is 0. The number of nitrogens with one attached hydrogen (secondary N) is 1. The smallest absolute Gasteiger partial charge is 0.328 e. The van der Waals surface area contributed by atoms with Gasteiger partial charge >= 0.3 is 7.60 Å². The minimum Gasteiger partial charge on any atom is -0.360 e. The van der Waals surface area contributed by atoms with E-state index in [9.17, 15) is 4.57 Å². The molecule has 1 aliphatic rings. The first-order valence-electron chi connectivity index (χ1n) is 3.61. The molecule has 0 amide bonds. The second-order valence-corrected chi connectivity index (χ2v) is 4.51. The Balaban J connectivity index is 1.94. The third-order valence-corrected chi connectivity index (χ3v) is 2.54. The Kier molecular flexibility index (Phi) is 1.96. The van der Waals surface area contributed by atoms with Gasteiger partial charge in [0.05, 0.1) is 6.16 Å². The van der Waals surface area contributed by atoms with E-state index in [1.54, 1.807) is 0 Å². The molecule has 0 aromatic carbocycles. The van der Waals surface area contributed by atoms with E-state index >= 15 is 0 Å². The highest BCUT2D eigenvalue weighted by molar-refractivity contribution is 7.51. The molecule has 1 aromatic rings. The molecule has 2 unspecified atom stereocenters. The largest absolute Gasteiger partial charge is 0.360 e. The first kappa shape index (κ1) is 8.83. The van der Waals surface area contributed by atoms with E-state index < -0.39 is 13.7 Å². The van der Waals surface area contributed by atoms with Crippen molar-refractivity contribution < 1.29 is 19.1 Å². The van der Waals surface area contributed by atoms with E-state index in [0.717, 1.165) is 0 Å². The van der Waals surface area contributed by atoms with Crippen LogP contribution in [-0.2, 0) is 9.30 Å². The van der Waals surface area contributed by atoms with E-state index in [0.29, 0.717) is 5.82 Å². The Labute approximate surface area is 73.3 Å². The lowest BCUT2D eigenvalue weighted by Gasteiger charge is -1.97. The van der Waals surface area contributed by atoms with Gasteiger partial charge in [-0.15, -0.1) is 0 Å². The third-order valence-electron chi connectivity index (χ3n) is 1.70. The van der Waals surface area contributed by atoms with E-state index in [1.807, 2.05) is 0 Å². The van der Waals surface area contributed by atoms with E-state index in [1.165, 1.54) is 6.33 Å². The van der Waals surface area contributed by atoms with Crippen LogP contribution >= 0.6 is 7.60 Å². The van der Waals surface area contributed by atoms with Crippen molar-refractivity contribution >= 4 is 7.60 Å². The highest BCUT2D eigenvalue weighted by Gasteiger charge is 2.46. The fourth-order valence-corrected chi connectivity index (χ4v) is 1.86. The number of hydrogen-bond acceptors (Lipinski definition) is 4. The Morgan fingerprint density at radius 1 is 1.69 bits per heavy atom. The molecule has 2 heterocycles. The summed E-state index contributed by atoms with van der Waals surface area (Å²) in [4.78, 5) is 21.1. The third kappa shape index (κ3) is 2.13. The van der Waals surface area contributed by atoms with Crippen molar-refractivity contribution in [2.24, 2.45) is 0 Å². The highest BCUT2D eigenvalue weighted by atomic mass is 31.2. The van der Waals surface area contributed by atoms with Crippen molar-refractivity contribution in [3.05, 3.63) is 12.2 Å². The van der Waals surface area contributed by atoms with Gasteiger partial charge in [-0.05, 0) is 0 Å². The molecule has 0 bridgehead atoms. The van der Waals surface area contributed by atoms with Crippen LogP contribution in [0, 0.1) is 0 Å². The summed E-state index contributed by atoms with van der Waals surface area (Å²) in [5, 5.41) is 6.18. The molecule has 0 saturated carbocycles. The van der Waals surface area contributed by atoms with Gasteiger partial charge in [0.15, 0.2) is 5.82 Å². The topological polar surface area (TPSA) is 112 Å². The molecule has 13 heavy (non-hydrogen) atoms. The predicted molar refractivity (Wildman–Crippen MR) is 40.9 cm³/mol. The molecule has 8 heteroatoms. The second kappa shape index (κ2) is 2.88. The SMILES string of the molecule is O=P(O)(O)CC1OC1c1ncn[nH]1. The van der Waals surface area contributed by atoms with Crippen LogP contribution in [0.25, 0.3) is 0 Å². The molecule has 7 nitrogen and oxygen atoms in total. The van der Waals surface area contributed by atoms with Crippen molar-refractivity contribution in [1.29, 1.82) is 0 Å². The lowest BCUT2D eigenvalue weighted by molar-refractivity contribution is 0.348. The molecule has 0 spiro atoms. The number of rotatable bonds is 3. The van der Waals surface area contributed by atoms with Crippen LogP contribution in [0.5, 0.6) is 0 Å². The molecular weight excluding hydrogens is 197 g/mol. The van der Waals surface area contributed by atoms with Crippen LogP contribution in [0.4, 0.5) is 0 Å². The number of aromatic amines is 1. The summed E-state index contributed by atoms with van der Waals surface area (Å²) in [7, 11) is -3.99. The van der Waals surface area contributed by atoms with Crippen LogP contribution in [0.3, 0.4) is 0 Å². The zero-order chi connectivity index (χ0) is 9.47. The quantitative estimate of drug-likeness (QED) is 0.449. The normalized spacial score (nSPS) is 27.5. The van der Waals surface area contributed by atoms with E-state index in [4.69, 9.17) is 14.5 Å². The zero-order valence-corrected chi connectivity index (χ0v) is 7.39. The van der Waals surface area contributed by atoms with Gasteiger partial charge in [0.2, 0.25) is 0 Å². The van der Waals surface area contributed by atoms with Crippen molar-refractivity contribution in [2.45, 2.75) is 12.2 Å². The highest BCUT2D eigenvalue weighted by Crippen LogP contribution is 2.46. The molecule has 72 valence electrons. The summed E-state index contributed by atoms with van der Waals surface area (Å²) in [6.07, 6.45) is 0.285. The molecule has 0 aliphatic carbocycles. The maximum Gasteiger partial charge on any atom is 0.328 e. The lowest BCUT2D eigenvalue weighted by Crippen LogP contribution is -1.98. The molecule has 1 fully saturated rings. The van der Waals surface area contributed by atoms with Crippen molar-refractivity contribution in [2.75, 3.05) is 6.16 Å². The van der Waals surface area contributed by atoms with Gasteiger partial charge in [-0.1, -0.05) is 0 Å². The minimum absolute atomic E-state index is 0.266. The Morgan fingerprint density at radius 3 is 3.00 bits per heavy atom. The summed E-state index contributed by atoms with van der Waals surface area (Å²) in [5.74, 6) is 0.512. The Morgan fingerprint density at radius 2 is 2.46 bits per heavy atom. The average Bonchev–Trinajstić information content (AvgIpc) is 2.58. The second-order valence-electron chi connectivity index (χ2n) is 2.81. The van der Waals surface area contributed by atoms with E-state index in [-0.39, 0.29) is 12.3 Å². The fraction of sp³-hybridized carbons (Fsp3) is 0.600. The van der Waals surface area contributed by atoms with Crippen LogP contribution in [0.2, 0.25) is 0 Å². The van der Waals surface area contributed by atoms with Gasteiger partial charge in [-0.25, -0.2) is 4.98 Å². The number of aromatic nitrogens is 3. The minimum atomic E-state index is -3.99. The van der Waals surface area contributed by atoms with Crippen molar-refractivity contribution in [3.8, 4) is 0 Å². The van der Waals surface area contributed by atoms with E-state index in [2.05, 4.69) is 15.2 Å². The van der Waals surface area contributed by atoms with Gasteiger partial charge in [0.1, 0.15) is 18.5 Å². The number of epoxide rings is 1. The first-order valence-corrected chi connectivity index (χ1v) is 5.41. The maximum absolute atomic E-state index is 10.6. The van der Waals surface area contributed by atoms with Crippen LogP contribution in [0.15, 0.2) is 6.33 Å². The van der Waals surface area contributed by atoms with Gasteiger partial charge in [0.25, 0.3) is 0 Å². The lowest BCUT2D eigenvalue weighted by atomic mass is 10.3. The average molecular weight is 205 g/mol.